The number of sulfonamides is 1. The molecule has 9 heteroatoms. The highest BCUT2D eigenvalue weighted by Gasteiger charge is 2.26. The van der Waals surface area contributed by atoms with Gasteiger partial charge in [-0.15, -0.1) is 0 Å². The average molecular weight is 484 g/mol. The summed E-state index contributed by atoms with van der Waals surface area (Å²) in [5.74, 6) is -0.519. The molecule has 0 atom stereocenters. The van der Waals surface area contributed by atoms with Crippen LogP contribution in [0.4, 0.5) is 10.1 Å². The Labute approximate surface area is 178 Å². The first kappa shape index (κ1) is 21.7. The Morgan fingerprint density at radius 3 is 2.24 bits per heavy atom. The molecule has 1 heterocycles. The number of hydrogen-bond donors (Lipinski definition) is 1. The van der Waals surface area contributed by atoms with Crippen LogP contribution in [0.1, 0.15) is 16.8 Å². The minimum Gasteiger partial charge on any atom is -0.369 e. The minimum absolute atomic E-state index is 0.00976. The fourth-order valence-corrected chi connectivity index (χ4v) is 4.92. The van der Waals surface area contributed by atoms with Gasteiger partial charge in [0.25, 0.3) is 5.91 Å². The second-order valence-electron chi connectivity index (χ2n) is 6.79. The summed E-state index contributed by atoms with van der Waals surface area (Å²) >= 11 is 3.32. The molecule has 0 unspecified atom stereocenters. The molecule has 1 saturated heterocycles. The molecular weight excluding hydrogens is 461 g/mol. The number of rotatable bonds is 7. The maximum absolute atomic E-state index is 13.0. The largest absolute Gasteiger partial charge is 0.369 e. The third-order valence-corrected chi connectivity index (χ3v) is 7.28. The second kappa shape index (κ2) is 9.69. The average Bonchev–Trinajstić information content (AvgIpc) is 2.72. The Kier molecular flexibility index (Phi) is 7.26. The zero-order valence-corrected chi connectivity index (χ0v) is 18.3. The highest BCUT2D eigenvalue weighted by molar-refractivity contribution is 9.10. The van der Waals surface area contributed by atoms with Crippen LogP contribution >= 0.6 is 15.9 Å². The molecule has 2 aromatic carbocycles. The predicted molar refractivity (Wildman–Crippen MR) is 115 cm³/mol. The van der Waals surface area contributed by atoms with Crippen LogP contribution < -0.4 is 10.2 Å². The summed E-state index contributed by atoms with van der Waals surface area (Å²) in [6.45, 7) is 2.20. The van der Waals surface area contributed by atoms with Crippen molar-refractivity contribution in [1.82, 2.24) is 9.62 Å². The van der Waals surface area contributed by atoms with Gasteiger partial charge in [0.1, 0.15) is 5.82 Å². The number of anilines is 1. The van der Waals surface area contributed by atoms with Crippen LogP contribution in [0.5, 0.6) is 0 Å². The van der Waals surface area contributed by atoms with Crippen LogP contribution in [0.2, 0.25) is 0 Å². The highest BCUT2D eigenvalue weighted by Crippen LogP contribution is 2.18. The fourth-order valence-electron chi connectivity index (χ4n) is 3.17. The van der Waals surface area contributed by atoms with E-state index in [1.807, 2.05) is 4.90 Å². The van der Waals surface area contributed by atoms with E-state index in [2.05, 4.69) is 21.2 Å². The number of nitrogens with one attached hydrogen (secondary N) is 1. The standard InChI is InChI=1S/C20H23BrFN3O3S/c21-17-4-2-16(3-5-17)20(26)23-10-1-15-29(27,28)25-13-11-24(12-14-25)19-8-6-18(22)7-9-19/h2-9H,1,10-15H2,(H,23,26). The number of amides is 1. The zero-order chi connectivity index (χ0) is 20.9. The van der Waals surface area contributed by atoms with Crippen molar-refractivity contribution in [2.45, 2.75) is 6.42 Å². The summed E-state index contributed by atoms with van der Waals surface area (Å²) in [7, 11) is -3.37. The molecule has 0 bridgehead atoms. The van der Waals surface area contributed by atoms with Gasteiger partial charge in [-0.25, -0.2) is 12.8 Å². The SMILES string of the molecule is O=C(NCCCS(=O)(=O)N1CCN(c2ccc(F)cc2)CC1)c1ccc(Br)cc1. The molecule has 2 aromatic rings. The lowest BCUT2D eigenvalue weighted by molar-refractivity contribution is 0.0953. The normalized spacial score (nSPS) is 15.3. The van der Waals surface area contributed by atoms with Crippen LogP contribution in [-0.4, -0.2) is 57.1 Å². The molecule has 156 valence electrons. The number of carbonyl (C=O) groups excluding carboxylic acids is 1. The molecule has 6 nitrogen and oxygen atoms in total. The van der Waals surface area contributed by atoms with Gasteiger partial charge in [-0.3, -0.25) is 4.79 Å². The molecular formula is C20H23BrFN3O3S. The third kappa shape index (κ3) is 6.01. The highest BCUT2D eigenvalue weighted by atomic mass is 79.9. The second-order valence-corrected chi connectivity index (χ2v) is 9.80. The van der Waals surface area contributed by atoms with E-state index >= 15 is 0 Å². The smallest absolute Gasteiger partial charge is 0.251 e. The molecule has 0 aromatic heterocycles. The van der Waals surface area contributed by atoms with Gasteiger partial charge in [0.05, 0.1) is 5.75 Å². The molecule has 29 heavy (non-hydrogen) atoms. The summed E-state index contributed by atoms with van der Waals surface area (Å²) in [6.07, 6.45) is 0.350. The van der Waals surface area contributed by atoms with Crippen LogP contribution in [0.3, 0.4) is 0 Å². The quantitative estimate of drug-likeness (QED) is 0.614. The van der Waals surface area contributed by atoms with Crippen LogP contribution in [0.25, 0.3) is 0 Å². The van der Waals surface area contributed by atoms with Gasteiger partial charge < -0.3 is 10.2 Å². The number of hydrogen-bond acceptors (Lipinski definition) is 4. The van der Waals surface area contributed by atoms with Crippen molar-refractivity contribution in [1.29, 1.82) is 0 Å². The molecule has 1 aliphatic rings. The predicted octanol–water partition coefficient (Wildman–Crippen LogP) is 2.86. The van der Waals surface area contributed by atoms with Gasteiger partial charge in [0.15, 0.2) is 0 Å². The Hall–Kier alpha value is -1.97. The van der Waals surface area contributed by atoms with E-state index in [1.165, 1.54) is 16.4 Å². The zero-order valence-electron chi connectivity index (χ0n) is 15.9. The Morgan fingerprint density at radius 2 is 1.62 bits per heavy atom. The van der Waals surface area contributed by atoms with Crippen molar-refractivity contribution in [2.75, 3.05) is 43.4 Å². The number of benzene rings is 2. The van der Waals surface area contributed by atoms with Gasteiger partial charge in [-0.05, 0) is 55.0 Å². The van der Waals surface area contributed by atoms with E-state index in [9.17, 15) is 17.6 Å². The summed E-state index contributed by atoms with van der Waals surface area (Å²) in [5, 5.41) is 2.75. The van der Waals surface area contributed by atoms with Gasteiger partial charge in [-0.2, -0.15) is 4.31 Å². The lowest BCUT2D eigenvalue weighted by Gasteiger charge is -2.35. The van der Waals surface area contributed by atoms with Crippen molar-refractivity contribution in [3.63, 3.8) is 0 Å². The van der Waals surface area contributed by atoms with Crippen molar-refractivity contribution in [2.24, 2.45) is 0 Å². The van der Waals surface area contributed by atoms with E-state index in [-0.39, 0.29) is 17.5 Å². The number of carbonyl (C=O) groups is 1. The lowest BCUT2D eigenvalue weighted by atomic mass is 10.2. The first-order valence-corrected chi connectivity index (χ1v) is 11.8. The number of piperazine rings is 1. The minimum atomic E-state index is -3.37. The van der Waals surface area contributed by atoms with E-state index in [0.717, 1.165) is 10.2 Å². The molecule has 0 aliphatic carbocycles. The monoisotopic (exact) mass is 483 g/mol. The van der Waals surface area contributed by atoms with Gasteiger partial charge >= 0.3 is 0 Å². The molecule has 0 spiro atoms. The van der Waals surface area contributed by atoms with E-state index < -0.39 is 10.0 Å². The summed E-state index contributed by atoms with van der Waals surface area (Å²) in [4.78, 5) is 14.1. The van der Waals surface area contributed by atoms with Gasteiger partial charge in [0.2, 0.25) is 10.0 Å². The van der Waals surface area contributed by atoms with Gasteiger partial charge in [0, 0.05) is 48.4 Å². The van der Waals surface area contributed by atoms with Crippen LogP contribution in [-0.2, 0) is 10.0 Å². The molecule has 1 aliphatic heterocycles. The van der Waals surface area contributed by atoms with E-state index in [0.29, 0.717) is 44.7 Å². The molecule has 0 saturated carbocycles. The fraction of sp³-hybridized carbons (Fsp3) is 0.350. The van der Waals surface area contributed by atoms with Crippen molar-refractivity contribution < 1.29 is 17.6 Å². The first-order valence-electron chi connectivity index (χ1n) is 9.37. The van der Waals surface area contributed by atoms with Crippen molar-refractivity contribution >= 4 is 37.5 Å². The molecule has 1 N–H and O–H groups in total. The summed E-state index contributed by atoms with van der Waals surface area (Å²) < 4.78 is 40.6. The summed E-state index contributed by atoms with van der Waals surface area (Å²) in [5.41, 5.74) is 1.42. The Balaban J connectivity index is 1.42. The molecule has 3 rings (SSSR count). The van der Waals surface area contributed by atoms with Gasteiger partial charge in [-0.1, -0.05) is 15.9 Å². The molecule has 1 fully saturated rings. The Morgan fingerprint density at radius 1 is 1.00 bits per heavy atom. The molecule has 0 radical (unpaired) electrons. The number of nitrogens with zero attached hydrogens (tertiary/aromatic N) is 2. The van der Waals surface area contributed by atoms with Crippen molar-refractivity contribution in [3.05, 3.63) is 64.4 Å². The van der Waals surface area contributed by atoms with Crippen LogP contribution in [0.15, 0.2) is 53.0 Å². The maximum Gasteiger partial charge on any atom is 0.251 e. The van der Waals surface area contributed by atoms with Crippen molar-refractivity contribution in [3.8, 4) is 0 Å². The maximum atomic E-state index is 13.0. The summed E-state index contributed by atoms with van der Waals surface area (Å²) in [6, 6.07) is 13.2. The van der Waals surface area contributed by atoms with E-state index in [4.69, 9.17) is 0 Å². The lowest BCUT2D eigenvalue weighted by Crippen LogP contribution is -2.49. The third-order valence-electron chi connectivity index (χ3n) is 4.79. The van der Waals surface area contributed by atoms with Crippen LogP contribution in [0, 0.1) is 5.82 Å². The topological polar surface area (TPSA) is 69.7 Å². The first-order chi connectivity index (χ1) is 13.8. The van der Waals surface area contributed by atoms with E-state index in [1.54, 1.807) is 36.4 Å². The molecule has 1 amide bonds. The Bertz CT molecular complexity index is 928. The number of halogens is 2.